The second kappa shape index (κ2) is 39.2. The topological polar surface area (TPSA) is 224 Å². The lowest BCUT2D eigenvalue weighted by Gasteiger charge is -2.33. The van der Waals surface area contributed by atoms with Gasteiger partial charge in [0.25, 0.3) is 0 Å². The third kappa shape index (κ3) is 24.1. The first-order valence-corrected chi connectivity index (χ1v) is 31.5. The average molecular weight is 1330 g/mol. The Balaban J connectivity index is 0.0000113. The summed E-state index contributed by atoms with van der Waals surface area (Å²) in [5, 5.41) is 31.3. The van der Waals surface area contributed by atoms with Crippen LogP contribution in [0, 0.1) is 0 Å². The first kappa shape index (κ1) is 71.2. The highest BCUT2D eigenvalue weighted by atomic mass is 35.5. The molecule has 89 heavy (non-hydrogen) atoms. The summed E-state index contributed by atoms with van der Waals surface area (Å²) in [5.41, 5.74) is 10.5. The van der Waals surface area contributed by atoms with Gasteiger partial charge < -0.3 is 69.0 Å². The molecule has 4 N–H and O–H groups in total. The van der Waals surface area contributed by atoms with Crippen LogP contribution in [0.4, 0.5) is 9.59 Å². The summed E-state index contributed by atoms with van der Waals surface area (Å²) in [6, 6.07) is 24.0. The SMILES string of the molecule is CN1Cc2c(Cl)cc(Cl)cc2[C@H](c2cccc(-c3cn(CCOCCOCCOCCOCCNC(=O)NCCCCNC(=O)NCCOCCOCCOCCOCCn4cc(-c5cccc([C@@H]6CN(C)Cc7c(Cl)cc(Cl)cc76)c5)nn4)nn3)c2)C1.Cl. The summed E-state index contributed by atoms with van der Waals surface area (Å²) in [7, 11) is 4.21. The predicted octanol–water partition coefficient (Wildman–Crippen LogP) is 8.61. The van der Waals surface area contributed by atoms with Gasteiger partial charge >= 0.3 is 12.1 Å². The molecule has 6 aromatic rings. The Kier molecular flexibility index (Phi) is 31.4. The molecule has 0 aliphatic carbocycles. The molecule has 2 atom stereocenters. The highest BCUT2D eigenvalue weighted by Crippen LogP contribution is 2.41. The predicted molar refractivity (Wildman–Crippen MR) is 346 cm³/mol. The number of hydrogen-bond acceptors (Lipinski definition) is 16. The van der Waals surface area contributed by atoms with E-state index in [9.17, 15) is 9.59 Å². The van der Waals surface area contributed by atoms with Gasteiger partial charge in [0.15, 0.2) is 0 Å². The van der Waals surface area contributed by atoms with Crippen LogP contribution in [0.3, 0.4) is 0 Å². The Morgan fingerprint density at radius 3 is 1.20 bits per heavy atom. The van der Waals surface area contributed by atoms with E-state index < -0.39 is 0 Å². The molecule has 2 aliphatic rings. The van der Waals surface area contributed by atoms with Gasteiger partial charge in [0.2, 0.25) is 0 Å². The summed E-state index contributed by atoms with van der Waals surface area (Å²) in [5.74, 6) is 0.272. The third-order valence-electron chi connectivity index (χ3n) is 14.6. The van der Waals surface area contributed by atoms with E-state index in [-0.39, 0.29) is 36.3 Å². The lowest BCUT2D eigenvalue weighted by Crippen LogP contribution is -2.39. The molecule has 0 spiro atoms. The van der Waals surface area contributed by atoms with Crippen molar-refractivity contribution in [1.82, 2.24) is 61.1 Å². The summed E-state index contributed by atoms with van der Waals surface area (Å²) in [6.45, 7) is 12.9. The number of likely N-dealkylation sites (N-methyl/N-ethyl adjacent to an activating group) is 2. The fourth-order valence-corrected chi connectivity index (χ4v) is 11.4. The molecule has 4 heterocycles. The standard InChI is InChI=1S/C62H82Cl4N12O10.ClH/c1-75-39-53(51-35-49(63)37-57(65)55(51)41-75)45-7-5-9-47(33-45)59-43-77(73-71-59)15-19-83-23-27-87-31-29-85-25-21-81-17-13-69-61(79)67-11-3-4-12-68-62(80)70-14-18-82-22-26-86-30-32-88-28-24-84-20-16-78-44-60(72-74-78)48-10-6-8-46(34-48)54-40-76(2)42-56-52(54)36-50(64)38-58(56)66;/h5-10,33-38,43-44,53-54H,3-4,11-32,39-42H2,1-2H3,(H2,67,69,79)(H2,68,70,80);1H/t53-,54-;/m0./s1. The van der Waals surface area contributed by atoms with E-state index >= 15 is 0 Å². The van der Waals surface area contributed by atoms with Crippen LogP contribution in [0.5, 0.6) is 0 Å². The van der Waals surface area contributed by atoms with Crippen LogP contribution in [-0.4, -0.2) is 211 Å². The van der Waals surface area contributed by atoms with Gasteiger partial charge in [-0.3, -0.25) is 0 Å². The zero-order valence-electron chi connectivity index (χ0n) is 50.6. The van der Waals surface area contributed by atoms with Crippen LogP contribution >= 0.6 is 58.8 Å². The number of benzene rings is 4. The number of fused-ring (bicyclic) bond motifs is 2. The average Bonchev–Trinajstić information content (AvgIpc) is 1.83. The molecule has 486 valence electrons. The minimum absolute atomic E-state index is 0. The minimum atomic E-state index is -0.274. The molecule has 0 unspecified atom stereocenters. The molecule has 8 rings (SSSR count). The zero-order valence-corrected chi connectivity index (χ0v) is 54.5. The van der Waals surface area contributed by atoms with Crippen LogP contribution in [0.2, 0.25) is 20.1 Å². The van der Waals surface area contributed by atoms with Gasteiger partial charge in [0, 0.05) is 95.4 Å². The normalized spacial score (nSPS) is 14.9. The van der Waals surface area contributed by atoms with E-state index in [1.807, 2.05) is 48.8 Å². The fraction of sp³-hybridized carbons (Fsp3) is 0.516. The number of urea groups is 2. The largest absolute Gasteiger partial charge is 0.377 e. The Labute approximate surface area is 547 Å². The summed E-state index contributed by atoms with van der Waals surface area (Å²) in [6.07, 6.45) is 5.28. The number of aromatic nitrogens is 6. The van der Waals surface area contributed by atoms with Crippen molar-refractivity contribution in [2.24, 2.45) is 0 Å². The number of nitrogens with zero attached hydrogens (tertiary/aromatic N) is 8. The maximum absolute atomic E-state index is 12.1. The smallest absolute Gasteiger partial charge is 0.314 e. The van der Waals surface area contributed by atoms with Gasteiger partial charge in [-0.2, -0.15) is 0 Å². The van der Waals surface area contributed by atoms with Crippen molar-refractivity contribution in [2.75, 3.05) is 159 Å². The van der Waals surface area contributed by atoms with Gasteiger partial charge in [0.1, 0.15) is 11.4 Å². The van der Waals surface area contributed by atoms with Crippen molar-refractivity contribution in [3.8, 4) is 22.5 Å². The van der Waals surface area contributed by atoms with E-state index in [4.69, 9.17) is 84.3 Å². The first-order chi connectivity index (χ1) is 43.0. The van der Waals surface area contributed by atoms with E-state index in [1.54, 1.807) is 9.36 Å². The maximum Gasteiger partial charge on any atom is 0.314 e. The Hall–Kier alpha value is -5.25. The third-order valence-corrected chi connectivity index (χ3v) is 15.7. The molecule has 2 aromatic heterocycles. The molecule has 0 saturated carbocycles. The van der Waals surface area contributed by atoms with Gasteiger partial charge in [-0.05, 0) is 96.7 Å². The van der Waals surface area contributed by atoms with Gasteiger partial charge in [0.05, 0.1) is 131 Å². The lowest BCUT2D eigenvalue weighted by atomic mass is 9.84. The number of halogens is 5. The number of nitrogens with one attached hydrogen (secondary N) is 4. The Bertz CT molecular complexity index is 2890. The van der Waals surface area contributed by atoms with Gasteiger partial charge in [-0.25, -0.2) is 19.0 Å². The highest BCUT2D eigenvalue weighted by molar-refractivity contribution is 6.35. The lowest BCUT2D eigenvalue weighted by molar-refractivity contribution is -0.00230. The molecule has 0 bridgehead atoms. The summed E-state index contributed by atoms with van der Waals surface area (Å²) < 4.78 is 48.5. The van der Waals surface area contributed by atoms with Gasteiger partial charge in [-0.15, -0.1) is 22.6 Å². The molecule has 4 aromatic carbocycles. The molecular weight excluding hydrogens is 1250 g/mol. The molecular formula is C62H83Cl5N12O10. The molecule has 22 nitrogen and oxygen atoms in total. The van der Waals surface area contributed by atoms with E-state index in [0.717, 1.165) is 59.8 Å². The first-order valence-electron chi connectivity index (χ1n) is 30.0. The van der Waals surface area contributed by atoms with Crippen molar-refractivity contribution >= 4 is 70.9 Å². The number of carbonyl (C=O) groups is 2. The van der Waals surface area contributed by atoms with E-state index in [2.05, 4.69) is 102 Å². The number of carbonyl (C=O) groups excluding carboxylic acids is 2. The minimum Gasteiger partial charge on any atom is -0.377 e. The number of unbranched alkanes of at least 4 members (excludes halogenated alkanes) is 1. The molecule has 0 saturated heterocycles. The van der Waals surface area contributed by atoms with Crippen molar-refractivity contribution in [2.45, 2.75) is 50.9 Å². The van der Waals surface area contributed by atoms with Crippen molar-refractivity contribution < 1.29 is 47.5 Å². The van der Waals surface area contributed by atoms with Crippen molar-refractivity contribution in [3.05, 3.63) is 139 Å². The molecule has 0 fully saturated rings. The molecule has 0 radical (unpaired) electrons. The van der Waals surface area contributed by atoms with Crippen LogP contribution in [0.15, 0.2) is 85.2 Å². The van der Waals surface area contributed by atoms with E-state index in [0.29, 0.717) is 178 Å². The monoisotopic (exact) mass is 1330 g/mol. The Morgan fingerprint density at radius 1 is 0.472 bits per heavy atom. The summed E-state index contributed by atoms with van der Waals surface area (Å²) >= 11 is 26.0. The van der Waals surface area contributed by atoms with E-state index in [1.165, 1.54) is 22.3 Å². The quantitative estimate of drug-likeness (QED) is 0.0265. The molecule has 4 amide bonds. The number of ether oxygens (including phenoxy) is 8. The van der Waals surface area contributed by atoms with Crippen molar-refractivity contribution in [1.29, 1.82) is 0 Å². The second-order valence-corrected chi connectivity index (χ2v) is 23.1. The van der Waals surface area contributed by atoms with Crippen molar-refractivity contribution in [3.63, 3.8) is 0 Å². The number of amides is 4. The highest BCUT2D eigenvalue weighted by Gasteiger charge is 2.29. The molecule has 2 aliphatic heterocycles. The van der Waals surface area contributed by atoms with Crippen LogP contribution in [0.25, 0.3) is 22.5 Å². The number of hydrogen-bond donors (Lipinski definition) is 4. The maximum atomic E-state index is 12.1. The van der Waals surface area contributed by atoms with Crippen LogP contribution in [-0.2, 0) is 64.1 Å². The zero-order chi connectivity index (χ0) is 61.7. The number of rotatable bonds is 39. The second-order valence-electron chi connectivity index (χ2n) is 21.4. The van der Waals surface area contributed by atoms with Crippen LogP contribution in [0.1, 0.15) is 58.1 Å². The molecule has 27 heteroatoms. The fourth-order valence-electron chi connectivity index (χ4n) is 10.3. The summed E-state index contributed by atoms with van der Waals surface area (Å²) in [4.78, 5) is 28.8. The van der Waals surface area contributed by atoms with Crippen LogP contribution < -0.4 is 21.3 Å². The van der Waals surface area contributed by atoms with Gasteiger partial charge in [-0.1, -0.05) is 93.2 Å². The Morgan fingerprint density at radius 2 is 0.820 bits per heavy atom.